The van der Waals surface area contributed by atoms with Crippen molar-refractivity contribution in [3.63, 3.8) is 0 Å². The van der Waals surface area contributed by atoms with E-state index in [0.717, 1.165) is 18.2 Å². The number of hydrogen-bond acceptors (Lipinski definition) is 5. The maximum Gasteiger partial charge on any atom is 0.373 e. The minimum atomic E-state index is -5.43. The zero-order chi connectivity index (χ0) is 21.1. The van der Waals surface area contributed by atoms with Crippen molar-refractivity contribution >= 4 is 17.7 Å². The average molecular weight is 417 g/mol. The standard InChI is InChI=1S/C16H9BF5NO4S/c17-15(24)13-11(28(25,26)16(15,21)22)2-1-10(12(13)14(19)20)27-9-4-7(6-23)3-8(18)5-9/h1-5,14,24H,17H2/t15-/m1/s1. The van der Waals surface area contributed by atoms with Crippen LogP contribution in [-0.2, 0) is 15.3 Å². The number of alkyl halides is 4. The number of fused-ring (bicyclic) bond motifs is 1. The molecule has 1 aliphatic rings. The molecule has 1 atom stereocenters. The molecule has 0 bridgehead atoms. The predicted octanol–water partition coefficient (Wildman–Crippen LogP) is 2.59. The first-order valence-corrected chi connectivity index (χ1v) is 9.01. The Labute approximate surface area is 156 Å². The van der Waals surface area contributed by atoms with E-state index in [4.69, 9.17) is 10.00 Å². The fourth-order valence-electron chi connectivity index (χ4n) is 2.97. The fourth-order valence-corrected chi connectivity index (χ4v) is 4.70. The lowest BCUT2D eigenvalue weighted by Gasteiger charge is -2.26. The van der Waals surface area contributed by atoms with Crippen LogP contribution in [0.5, 0.6) is 11.5 Å². The van der Waals surface area contributed by atoms with Crippen LogP contribution in [0.4, 0.5) is 22.0 Å². The molecule has 0 aromatic heterocycles. The van der Waals surface area contributed by atoms with Gasteiger partial charge in [-0.3, -0.25) is 0 Å². The summed E-state index contributed by atoms with van der Waals surface area (Å²) in [6.07, 6.45) is -3.51. The van der Waals surface area contributed by atoms with E-state index >= 15 is 0 Å². The molecule has 28 heavy (non-hydrogen) atoms. The fraction of sp³-hybridized carbons (Fsp3) is 0.188. The van der Waals surface area contributed by atoms with Crippen molar-refractivity contribution in [1.82, 2.24) is 0 Å². The van der Waals surface area contributed by atoms with Gasteiger partial charge < -0.3 is 9.84 Å². The van der Waals surface area contributed by atoms with Gasteiger partial charge in [-0.1, -0.05) is 0 Å². The zero-order valence-corrected chi connectivity index (χ0v) is 14.7. The summed E-state index contributed by atoms with van der Waals surface area (Å²) in [4.78, 5) is -1.15. The number of aliphatic hydroxyl groups is 1. The summed E-state index contributed by atoms with van der Waals surface area (Å²) in [5.41, 5.74) is -6.12. The number of nitrogens with zero attached hydrogens (tertiary/aromatic N) is 1. The Hall–Kier alpha value is -2.65. The van der Waals surface area contributed by atoms with Gasteiger partial charge in [0, 0.05) is 11.6 Å². The molecule has 0 spiro atoms. The Kier molecular flexibility index (Phi) is 4.44. The third-order valence-electron chi connectivity index (χ3n) is 4.29. The number of nitriles is 1. The summed E-state index contributed by atoms with van der Waals surface area (Å²) >= 11 is 0. The second-order valence-electron chi connectivity index (χ2n) is 6.13. The summed E-state index contributed by atoms with van der Waals surface area (Å²) in [5, 5.41) is 14.2. The first-order chi connectivity index (χ1) is 12.8. The minimum Gasteiger partial charge on any atom is -0.457 e. The molecule has 2 aromatic rings. The van der Waals surface area contributed by atoms with Crippen LogP contribution >= 0.6 is 0 Å². The van der Waals surface area contributed by atoms with Gasteiger partial charge in [-0.15, -0.1) is 0 Å². The van der Waals surface area contributed by atoms with E-state index in [-0.39, 0.29) is 5.56 Å². The highest BCUT2D eigenvalue weighted by molar-refractivity contribution is 7.93. The summed E-state index contributed by atoms with van der Waals surface area (Å²) in [5.74, 6) is -2.09. The van der Waals surface area contributed by atoms with E-state index < -0.39 is 60.4 Å². The third-order valence-corrected chi connectivity index (χ3v) is 6.29. The van der Waals surface area contributed by atoms with Gasteiger partial charge in [0.25, 0.3) is 6.43 Å². The van der Waals surface area contributed by atoms with Crippen molar-refractivity contribution in [2.45, 2.75) is 22.1 Å². The smallest absolute Gasteiger partial charge is 0.373 e. The highest BCUT2D eigenvalue weighted by Crippen LogP contribution is 2.55. The van der Waals surface area contributed by atoms with Gasteiger partial charge in [0.05, 0.1) is 22.1 Å². The van der Waals surface area contributed by atoms with Crippen LogP contribution in [0.15, 0.2) is 35.2 Å². The lowest BCUT2D eigenvalue weighted by atomic mass is 9.74. The highest BCUT2D eigenvalue weighted by atomic mass is 32.2. The molecule has 3 rings (SSSR count). The highest BCUT2D eigenvalue weighted by Gasteiger charge is 2.68. The van der Waals surface area contributed by atoms with Crippen molar-refractivity contribution in [1.29, 1.82) is 5.26 Å². The van der Waals surface area contributed by atoms with Crippen LogP contribution in [0.25, 0.3) is 0 Å². The molecule has 12 heteroatoms. The second-order valence-corrected chi connectivity index (χ2v) is 8.09. The normalized spacial score (nSPS) is 21.9. The van der Waals surface area contributed by atoms with Crippen LogP contribution in [0, 0.1) is 17.1 Å². The van der Waals surface area contributed by atoms with Gasteiger partial charge in [0.1, 0.15) is 22.8 Å². The topological polar surface area (TPSA) is 87.4 Å². The average Bonchev–Trinajstić information content (AvgIpc) is 2.69. The minimum absolute atomic E-state index is 0.198. The lowest BCUT2D eigenvalue weighted by molar-refractivity contribution is -0.0714. The van der Waals surface area contributed by atoms with Crippen molar-refractivity contribution in [3.8, 4) is 17.6 Å². The van der Waals surface area contributed by atoms with Gasteiger partial charge in [-0.25, -0.2) is 21.6 Å². The van der Waals surface area contributed by atoms with Crippen LogP contribution in [0.1, 0.15) is 23.1 Å². The number of sulfone groups is 1. The van der Waals surface area contributed by atoms with Crippen LogP contribution in [0.2, 0.25) is 0 Å². The zero-order valence-electron chi connectivity index (χ0n) is 13.9. The second kappa shape index (κ2) is 6.18. The summed E-state index contributed by atoms with van der Waals surface area (Å²) in [6, 6.07) is 5.54. The Balaban J connectivity index is 2.26. The molecule has 0 amide bonds. The Morgan fingerprint density at radius 1 is 1.21 bits per heavy atom. The lowest BCUT2D eigenvalue weighted by Crippen LogP contribution is -2.45. The molecule has 0 saturated carbocycles. The van der Waals surface area contributed by atoms with E-state index in [1.807, 2.05) is 0 Å². The van der Waals surface area contributed by atoms with Gasteiger partial charge in [0.15, 0.2) is 7.85 Å². The first-order valence-electron chi connectivity index (χ1n) is 7.53. The molecule has 1 heterocycles. The Bertz CT molecular complexity index is 1130. The number of halogens is 5. The van der Waals surface area contributed by atoms with Crippen molar-refractivity contribution in [3.05, 3.63) is 52.8 Å². The van der Waals surface area contributed by atoms with Gasteiger partial charge in [-0.05, 0) is 24.3 Å². The molecule has 2 aromatic carbocycles. The molecule has 0 radical (unpaired) electrons. The quantitative estimate of drug-likeness (QED) is 0.613. The summed E-state index contributed by atoms with van der Waals surface area (Å²) < 4.78 is 98.6. The monoisotopic (exact) mass is 417 g/mol. The van der Waals surface area contributed by atoms with E-state index in [9.17, 15) is 35.5 Å². The number of benzene rings is 2. The Morgan fingerprint density at radius 2 is 1.86 bits per heavy atom. The van der Waals surface area contributed by atoms with E-state index in [2.05, 4.69) is 0 Å². The van der Waals surface area contributed by atoms with Crippen LogP contribution < -0.4 is 4.74 Å². The first kappa shape index (κ1) is 20.1. The summed E-state index contributed by atoms with van der Waals surface area (Å²) in [6.45, 7) is 0. The molecular formula is C16H9BF5NO4S. The number of ether oxygens (including phenoxy) is 1. The van der Waals surface area contributed by atoms with Crippen LogP contribution in [-0.4, -0.2) is 26.6 Å². The maximum absolute atomic E-state index is 14.2. The Morgan fingerprint density at radius 3 is 2.43 bits per heavy atom. The maximum atomic E-state index is 14.2. The number of hydrogen-bond donors (Lipinski definition) is 1. The molecule has 0 unspecified atom stereocenters. The van der Waals surface area contributed by atoms with Gasteiger partial charge >= 0.3 is 5.25 Å². The van der Waals surface area contributed by atoms with E-state index in [1.165, 1.54) is 0 Å². The predicted molar refractivity (Wildman–Crippen MR) is 87.2 cm³/mol. The SMILES string of the molecule is B[C@@]1(O)c2c(ccc(Oc3cc(F)cc(C#N)c3)c2C(F)F)S(=O)(=O)C1(F)F. The molecule has 1 aliphatic heterocycles. The van der Waals surface area contributed by atoms with Crippen molar-refractivity contribution in [2.75, 3.05) is 0 Å². The largest absolute Gasteiger partial charge is 0.457 e. The molecule has 0 fully saturated rings. The van der Waals surface area contributed by atoms with Gasteiger partial charge in [-0.2, -0.15) is 14.0 Å². The van der Waals surface area contributed by atoms with Crippen LogP contribution in [0.3, 0.4) is 0 Å². The molecule has 146 valence electrons. The van der Waals surface area contributed by atoms with E-state index in [1.54, 1.807) is 6.07 Å². The molecular weight excluding hydrogens is 408 g/mol. The summed E-state index contributed by atoms with van der Waals surface area (Å²) in [7, 11) is -5.03. The van der Waals surface area contributed by atoms with E-state index in [0.29, 0.717) is 20.0 Å². The third kappa shape index (κ3) is 2.65. The molecule has 1 N–H and O–H groups in total. The van der Waals surface area contributed by atoms with Crippen molar-refractivity contribution < 1.29 is 40.2 Å². The van der Waals surface area contributed by atoms with Crippen molar-refractivity contribution in [2.24, 2.45) is 0 Å². The number of rotatable bonds is 3. The van der Waals surface area contributed by atoms with Gasteiger partial charge in [0.2, 0.25) is 9.84 Å². The molecule has 0 aliphatic carbocycles. The molecule has 5 nitrogen and oxygen atoms in total. The molecule has 0 saturated heterocycles.